The van der Waals surface area contributed by atoms with Gasteiger partial charge in [-0.2, -0.15) is 5.10 Å². The number of nitrogens with zero attached hydrogens (tertiary/aromatic N) is 3. The van der Waals surface area contributed by atoms with E-state index < -0.39 is 26.8 Å². The van der Waals surface area contributed by atoms with Crippen LogP contribution in [0.2, 0.25) is 0 Å². The van der Waals surface area contributed by atoms with Crippen molar-refractivity contribution in [3.8, 4) is 11.7 Å². The standard InChI is InChI=1S/C14H13F3N4O3S/c1-2-6-25(22,23)12-8-10-9(7-11(12)24-14(15,16)17)19-13(20-10)21-5-3-4-18-21/h3-5,7-8H,2,6H2,1H3,(H,19,20). The first kappa shape index (κ1) is 17.3. The van der Waals surface area contributed by atoms with Crippen molar-refractivity contribution < 1.29 is 26.3 Å². The van der Waals surface area contributed by atoms with Crippen molar-refractivity contribution in [1.29, 1.82) is 0 Å². The second-order valence-corrected chi connectivity index (χ2v) is 7.27. The van der Waals surface area contributed by atoms with Gasteiger partial charge in [-0.05, 0) is 18.6 Å². The van der Waals surface area contributed by atoms with E-state index in [1.54, 1.807) is 19.2 Å². The molecule has 0 radical (unpaired) electrons. The Morgan fingerprint density at radius 2 is 2.08 bits per heavy atom. The van der Waals surface area contributed by atoms with Crippen molar-refractivity contribution in [1.82, 2.24) is 19.7 Å². The molecular formula is C14H13F3N4O3S. The van der Waals surface area contributed by atoms with Gasteiger partial charge in [0.05, 0.1) is 16.8 Å². The summed E-state index contributed by atoms with van der Waals surface area (Å²) in [6.45, 7) is 1.62. The van der Waals surface area contributed by atoms with Gasteiger partial charge < -0.3 is 9.72 Å². The lowest BCUT2D eigenvalue weighted by molar-refractivity contribution is -0.275. The van der Waals surface area contributed by atoms with Gasteiger partial charge in [0.2, 0.25) is 5.95 Å². The summed E-state index contributed by atoms with van der Waals surface area (Å²) in [6.07, 6.45) is -1.68. The Balaban J connectivity index is 2.19. The van der Waals surface area contributed by atoms with Gasteiger partial charge in [-0.15, -0.1) is 13.2 Å². The molecule has 1 N–H and O–H groups in total. The molecule has 0 fully saturated rings. The first-order valence-corrected chi connectivity index (χ1v) is 8.87. The number of aromatic nitrogens is 4. The predicted molar refractivity (Wildman–Crippen MR) is 82.2 cm³/mol. The van der Waals surface area contributed by atoms with E-state index in [0.717, 1.165) is 12.1 Å². The molecule has 25 heavy (non-hydrogen) atoms. The van der Waals surface area contributed by atoms with Crippen LogP contribution >= 0.6 is 0 Å². The highest BCUT2D eigenvalue weighted by molar-refractivity contribution is 7.91. The molecule has 0 amide bonds. The molecule has 0 atom stereocenters. The fourth-order valence-corrected chi connectivity index (χ4v) is 3.80. The van der Waals surface area contributed by atoms with Crippen LogP contribution in [0.15, 0.2) is 35.5 Å². The van der Waals surface area contributed by atoms with E-state index in [4.69, 9.17) is 0 Å². The zero-order chi connectivity index (χ0) is 18.2. The van der Waals surface area contributed by atoms with E-state index in [9.17, 15) is 21.6 Å². The lowest BCUT2D eigenvalue weighted by atomic mass is 10.3. The molecular weight excluding hydrogens is 361 g/mol. The lowest BCUT2D eigenvalue weighted by Gasteiger charge is -2.13. The third-order valence-corrected chi connectivity index (χ3v) is 5.22. The van der Waals surface area contributed by atoms with Crippen molar-refractivity contribution >= 4 is 20.9 Å². The second kappa shape index (κ2) is 6.06. The Morgan fingerprint density at radius 1 is 1.32 bits per heavy atom. The molecule has 0 saturated heterocycles. The number of alkyl halides is 3. The minimum Gasteiger partial charge on any atom is -0.404 e. The summed E-state index contributed by atoms with van der Waals surface area (Å²) in [5.74, 6) is -0.859. The Hall–Kier alpha value is -2.56. The highest BCUT2D eigenvalue weighted by Crippen LogP contribution is 2.34. The van der Waals surface area contributed by atoms with Crippen molar-refractivity contribution in [2.24, 2.45) is 0 Å². The zero-order valence-corrected chi connectivity index (χ0v) is 13.7. The number of nitrogens with one attached hydrogen (secondary N) is 1. The monoisotopic (exact) mass is 374 g/mol. The van der Waals surface area contributed by atoms with Crippen LogP contribution < -0.4 is 4.74 Å². The largest absolute Gasteiger partial charge is 0.573 e. The summed E-state index contributed by atoms with van der Waals surface area (Å²) in [5, 5.41) is 3.96. The maximum absolute atomic E-state index is 12.7. The molecule has 0 aliphatic heterocycles. The molecule has 134 valence electrons. The zero-order valence-electron chi connectivity index (χ0n) is 12.9. The number of hydrogen-bond donors (Lipinski definition) is 1. The van der Waals surface area contributed by atoms with Crippen LogP contribution in [0.1, 0.15) is 13.3 Å². The molecule has 0 aliphatic rings. The van der Waals surface area contributed by atoms with Crippen LogP contribution in [-0.4, -0.2) is 40.3 Å². The van der Waals surface area contributed by atoms with E-state index >= 15 is 0 Å². The van der Waals surface area contributed by atoms with Crippen LogP contribution in [0.4, 0.5) is 13.2 Å². The van der Waals surface area contributed by atoms with Crippen LogP contribution in [0.5, 0.6) is 5.75 Å². The number of fused-ring (bicyclic) bond motifs is 1. The van der Waals surface area contributed by atoms with Gasteiger partial charge >= 0.3 is 6.36 Å². The quantitative estimate of drug-likeness (QED) is 0.742. The highest BCUT2D eigenvalue weighted by atomic mass is 32.2. The van der Waals surface area contributed by atoms with Gasteiger partial charge in [-0.3, -0.25) is 0 Å². The maximum atomic E-state index is 12.7. The molecule has 7 nitrogen and oxygen atoms in total. The lowest BCUT2D eigenvalue weighted by Crippen LogP contribution is -2.19. The van der Waals surface area contributed by atoms with E-state index in [0.29, 0.717) is 0 Å². The van der Waals surface area contributed by atoms with Crippen LogP contribution in [0.25, 0.3) is 17.0 Å². The predicted octanol–water partition coefficient (Wildman–Crippen LogP) is 2.83. The number of aromatic amines is 1. The SMILES string of the molecule is CCCS(=O)(=O)c1cc2[nH]c(-n3cccn3)nc2cc1OC(F)(F)F. The highest BCUT2D eigenvalue weighted by Gasteiger charge is 2.34. The molecule has 2 aromatic heterocycles. The molecule has 0 aliphatic carbocycles. The van der Waals surface area contributed by atoms with Gasteiger partial charge in [0.25, 0.3) is 0 Å². The summed E-state index contributed by atoms with van der Waals surface area (Å²) in [5.41, 5.74) is 0.384. The van der Waals surface area contributed by atoms with Crippen molar-refractivity contribution in [2.45, 2.75) is 24.6 Å². The summed E-state index contributed by atoms with van der Waals surface area (Å²) in [7, 11) is -3.94. The van der Waals surface area contributed by atoms with Gasteiger partial charge in [-0.1, -0.05) is 6.92 Å². The minimum absolute atomic E-state index is 0.125. The van der Waals surface area contributed by atoms with E-state index in [-0.39, 0.29) is 29.2 Å². The molecule has 3 rings (SSSR count). The molecule has 3 aromatic rings. The molecule has 0 unspecified atom stereocenters. The van der Waals surface area contributed by atoms with E-state index in [1.165, 1.54) is 10.9 Å². The van der Waals surface area contributed by atoms with Gasteiger partial charge in [0, 0.05) is 18.5 Å². The van der Waals surface area contributed by atoms with Crippen molar-refractivity contribution in [3.05, 3.63) is 30.6 Å². The van der Waals surface area contributed by atoms with Crippen molar-refractivity contribution in [2.75, 3.05) is 5.75 Å². The molecule has 2 heterocycles. The molecule has 1 aromatic carbocycles. The third-order valence-electron chi connectivity index (χ3n) is 3.29. The normalized spacial score (nSPS) is 12.6. The van der Waals surface area contributed by atoms with Crippen LogP contribution in [0.3, 0.4) is 0 Å². The number of hydrogen-bond acceptors (Lipinski definition) is 5. The number of H-pyrrole nitrogens is 1. The third kappa shape index (κ3) is 3.60. The summed E-state index contributed by atoms with van der Waals surface area (Å²) < 4.78 is 67.9. The van der Waals surface area contributed by atoms with Crippen LogP contribution in [-0.2, 0) is 9.84 Å². The average molecular weight is 374 g/mol. The Kier molecular flexibility index (Phi) is 4.19. The fourth-order valence-electron chi connectivity index (χ4n) is 2.33. The maximum Gasteiger partial charge on any atom is 0.573 e. The fraction of sp³-hybridized carbons (Fsp3) is 0.286. The van der Waals surface area contributed by atoms with E-state index in [2.05, 4.69) is 19.8 Å². The van der Waals surface area contributed by atoms with Gasteiger partial charge in [0.1, 0.15) is 10.6 Å². The van der Waals surface area contributed by atoms with Crippen molar-refractivity contribution in [3.63, 3.8) is 0 Å². The molecule has 0 saturated carbocycles. The topological polar surface area (TPSA) is 89.9 Å². The Labute approximate surface area is 140 Å². The first-order valence-electron chi connectivity index (χ1n) is 7.22. The number of ether oxygens (including phenoxy) is 1. The number of sulfone groups is 1. The summed E-state index contributed by atoms with van der Waals surface area (Å²) in [4.78, 5) is 6.42. The summed E-state index contributed by atoms with van der Waals surface area (Å²) >= 11 is 0. The Bertz CT molecular complexity index is 994. The summed E-state index contributed by atoms with van der Waals surface area (Å²) in [6, 6.07) is 3.69. The Morgan fingerprint density at radius 3 is 2.68 bits per heavy atom. The minimum atomic E-state index is -5.02. The molecule has 0 spiro atoms. The van der Waals surface area contributed by atoms with Gasteiger partial charge in [0.15, 0.2) is 9.84 Å². The number of benzene rings is 1. The first-order chi connectivity index (χ1) is 11.7. The average Bonchev–Trinajstić information content (AvgIpc) is 3.13. The van der Waals surface area contributed by atoms with Gasteiger partial charge in [-0.25, -0.2) is 18.1 Å². The number of imidazole rings is 1. The van der Waals surface area contributed by atoms with Crippen LogP contribution in [0, 0.1) is 0 Å². The number of halogens is 3. The smallest absolute Gasteiger partial charge is 0.404 e. The molecule has 11 heteroatoms. The van der Waals surface area contributed by atoms with E-state index in [1.807, 2.05) is 0 Å². The second-order valence-electron chi connectivity index (χ2n) is 5.19. The number of rotatable bonds is 5. The molecule has 0 bridgehead atoms.